The molecular formula is C57H34N6O. The zero-order chi connectivity index (χ0) is 48.8. The van der Waals surface area contributed by atoms with Gasteiger partial charge in [0.1, 0.15) is 11.2 Å². The molecule has 0 radical (unpaired) electrons. The van der Waals surface area contributed by atoms with Crippen LogP contribution in [0.15, 0.2) is 210 Å². The van der Waals surface area contributed by atoms with Gasteiger partial charge in [0.05, 0.1) is 55.3 Å². The van der Waals surface area contributed by atoms with Crippen LogP contribution in [0.1, 0.15) is 11.0 Å². The smallest absolute Gasteiger partial charge is 0.240 e. The second-order valence-corrected chi connectivity index (χ2v) is 15.8. The molecule has 0 atom stereocenters. The second-order valence-electron chi connectivity index (χ2n) is 15.8. The maximum absolute atomic E-state index is 9.44. The predicted octanol–water partition coefficient (Wildman–Crippen LogP) is 14.4. The van der Waals surface area contributed by atoms with E-state index >= 15 is 0 Å². The van der Waals surface area contributed by atoms with Crippen LogP contribution in [0.2, 0.25) is 0 Å². The third-order valence-corrected chi connectivity index (χ3v) is 12.4. The van der Waals surface area contributed by atoms with Crippen LogP contribution in [0.25, 0.3) is 127 Å². The lowest BCUT2D eigenvalue weighted by Gasteiger charge is -2.19. The van der Waals surface area contributed by atoms with Gasteiger partial charge in [0.15, 0.2) is 5.82 Å². The van der Waals surface area contributed by atoms with Crippen LogP contribution in [-0.4, -0.2) is 28.7 Å². The first-order valence-electron chi connectivity index (χ1n) is 24.9. The summed E-state index contributed by atoms with van der Waals surface area (Å²) in [4.78, 5) is 16.1. The van der Waals surface area contributed by atoms with Crippen molar-refractivity contribution in [3.63, 3.8) is 0 Å². The van der Waals surface area contributed by atoms with Gasteiger partial charge in [0.2, 0.25) is 11.9 Å². The summed E-state index contributed by atoms with van der Waals surface area (Å²) >= 11 is 0. The lowest BCUT2D eigenvalue weighted by atomic mass is 9.96. The molecule has 64 heavy (non-hydrogen) atoms. The Kier molecular flexibility index (Phi) is 5.82. The SMILES string of the molecule is [2H]c1c([2H])c([2H])c2c(c1[2H])c1c([2H])c([2H])c([2H])c([2H])c1n2-c1nc(-c2c(-c3ccc4c(c3)oc3ccccc34)cccc2-n2c3ccccc3c3ccccc32)nc(-n2c3ccccc3c3ccccc32)n1. The minimum atomic E-state index is -0.552. The van der Waals surface area contributed by atoms with Crippen molar-refractivity contribution in [1.82, 2.24) is 28.7 Å². The minimum absolute atomic E-state index is 0.0890. The Morgan fingerprint density at radius 1 is 0.375 bits per heavy atom. The number of hydrogen-bond donors (Lipinski definition) is 0. The molecule has 5 heterocycles. The van der Waals surface area contributed by atoms with E-state index in [9.17, 15) is 5.48 Å². The lowest BCUT2D eigenvalue weighted by molar-refractivity contribution is 0.669. The molecule has 0 unspecified atom stereocenters. The van der Waals surface area contributed by atoms with E-state index in [1.54, 1.807) is 0 Å². The number of hydrogen-bond acceptors (Lipinski definition) is 4. The number of fused-ring (bicyclic) bond motifs is 12. The monoisotopic (exact) mass is 826 g/mol. The van der Waals surface area contributed by atoms with E-state index in [4.69, 9.17) is 24.9 Å². The topological polar surface area (TPSA) is 66.6 Å². The molecule has 0 spiro atoms. The molecule has 9 aromatic carbocycles. The van der Waals surface area contributed by atoms with Crippen LogP contribution in [0.5, 0.6) is 0 Å². The van der Waals surface area contributed by atoms with Gasteiger partial charge in [0.25, 0.3) is 0 Å². The number of rotatable bonds is 5. The second kappa shape index (κ2) is 13.3. The van der Waals surface area contributed by atoms with Crippen molar-refractivity contribution in [2.45, 2.75) is 0 Å². The highest BCUT2D eigenvalue weighted by Gasteiger charge is 2.25. The zero-order valence-electron chi connectivity index (χ0n) is 41.6. The highest BCUT2D eigenvalue weighted by molar-refractivity contribution is 6.12. The standard InChI is InChI=1S/C57H34N6O/c1-8-24-45-37(16-1)38-17-2-9-25-46(38)61(45)51-30-15-23-36(35-32-33-44-43-22-7-14-31-52(43)64-53(44)34-35)54(51)55-58-56(62-47-26-10-3-18-39(47)40-19-4-11-27-48(40)62)60-57(59-55)63-49-28-12-5-20-41(49)42-21-6-13-29-50(42)63/h1-34H/i3D,4D,10D,11D,18D,19D,26D,27D. The Balaban J connectivity index is 1.19. The first kappa shape index (κ1) is 27.9. The molecule has 5 aromatic heterocycles. The van der Waals surface area contributed by atoms with Gasteiger partial charge in [-0.1, -0.05) is 145 Å². The van der Waals surface area contributed by atoms with Gasteiger partial charge >= 0.3 is 0 Å². The normalized spacial score (nSPS) is 13.8. The Bertz CT molecular complexity index is 4520. The largest absolute Gasteiger partial charge is 0.456 e. The molecule has 0 fully saturated rings. The molecule has 14 aromatic rings. The lowest BCUT2D eigenvalue weighted by Crippen LogP contribution is -2.11. The minimum Gasteiger partial charge on any atom is -0.456 e. The molecule has 0 bridgehead atoms. The summed E-state index contributed by atoms with van der Waals surface area (Å²) in [5.74, 6) is 0.188. The molecule has 0 aliphatic rings. The van der Waals surface area contributed by atoms with Gasteiger partial charge in [-0.05, 0) is 71.7 Å². The van der Waals surface area contributed by atoms with Crippen molar-refractivity contribution in [3.05, 3.63) is 206 Å². The van der Waals surface area contributed by atoms with E-state index < -0.39 is 48.3 Å². The summed E-state index contributed by atoms with van der Waals surface area (Å²) in [6.45, 7) is 0. The molecule has 7 nitrogen and oxygen atoms in total. The van der Waals surface area contributed by atoms with E-state index in [-0.39, 0.29) is 39.5 Å². The van der Waals surface area contributed by atoms with Crippen molar-refractivity contribution >= 4 is 87.4 Å². The third kappa shape index (κ3) is 4.94. The Morgan fingerprint density at radius 2 is 0.859 bits per heavy atom. The van der Waals surface area contributed by atoms with Gasteiger partial charge in [-0.15, -0.1) is 0 Å². The van der Waals surface area contributed by atoms with Gasteiger partial charge in [-0.2, -0.15) is 15.0 Å². The number of nitrogens with zero attached hydrogens (tertiary/aromatic N) is 6. The fourth-order valence-corrected chi connectivity index (χ4v) is 9.70. The summed E-state index contributed by atoms with van der Waals surface area (Å²) in [7, 11) is 0. The Hall–Kier alpha value is -8.81. The van der Waals surface area contributed by atoms with E-state index in [0.717, 1.165) is 71.1 Å². The van der Waals surface area contributed by atoms with Crippen molar-refractivity contribution in [2.24, 2.45) is 0 Å². The van der Waals surface area contributed by atoms with Gasteiger partial charge in [-0.3, -0.25) is 9.13 Å². The van der Waals surface area contributed by atoms with E-state index in [0.29, 0.717) is 16.8 Å². The summed E-state index contributed by atoms with van der Waals surface area (Å²) in [5, 5.41) is 5.68. The average molecular weight is 827 g/mol. The van der Waals surface area contributed by atoms with E-state index in [2.05, 4.69) is 34.9 Å². The summed E-state index contributed by atoms with van der Waals surface area (Å²) < 4.78 is 84.6. The maximum Gasteiger partial charge on any atom is 0.240 e. The van der Waals surface area contributed by atoms with Crippen molar-refractivity contribution < 1.29 is 15.4 Å². The van der Waals surface area contributed by atoms with Crippen molar-refractivity contribution in [3.8, 4) is 40.1 Å². The van der Waals surface area contributed by atoms with Crippen LogP contribution >= 0.6 is 0 Å². The highest BCUT2D eigenvalue weighted by Crippen LogP contribution is 2.43. The zero-order valence-corrected chi connectivity index (χ0v) is 33.6. The molecule has 298 valence electrons. The number of para-hydroxylation sites is 7. The van der Waals surface area contributed by atoms with Gasteiger partial charge < -0.3 is 8.98 Å². The first-order valence-corrected chi connectivity index (χ1v) is 20.9. The van der Waals surface area contributed by atoms with Crippen LogP contribution in [0, 0.1) is 0 Å². The molecule has 14 rings (SSSR count). The summed E-state index contributed by atoms with van der Waals surface area (Å²) in [6.07, 6.45) is 0. The Labute approximate surface area is 376 Å². The Morgan fingerprint density at radius 3 is 1.45 bits per heavy atom. The van der Waals surface area contributed by atoms with Crippen LogP contribution < -0.4 is 0 Å². The predicted molar refractivity (Wildman–Crippen MR) is 261 cm³/mol. The molecule has 0 amide bonds. The molecule has 0 aliphatic heterocycles. The maximum atomic E-state index is 9.44. The van der Waals surface area contributed by atoms with Gasteiger partial charge in [0, 0.05) is 43.1 Å². The fourth-order valence-electron chi connectivity index (χ4n) is 9.70. The number of benzene rings is 9. The molecule has 0 saturated heterocycles. The van der Waals surface area contributed by atoms with E-state index in [1.165, 1.54) is 4.57 Å². The molecule has 0 aliphatic carbocycles. The first-order chi connectivity index (χ1) is 35.1. The van der Waals surface area contributed by atoms with Crippen molar-refractivity contribution in [1.29, 1.82) is 0 Å². The molecule has 7 heteroatoms. The summed E-state index contributed by atoms with van der Waals surface area (Å²) in [5.41, 5.74) is 7.43. The van der Waals surface area contributed by atoms with Crippen LogP contribution in [-0.2, 0) is 0 Å². The van der Waals surface area contributed by atoms with E-state index in [1.807, 2.05) is 132 Å². The highest BCUT2D eigenvalue weighted by atomic mass is 16.3. The third-order valence-electron chi connectivity index (χ3n) is 12.4. The van der Waals surface area contributed by atoms with Gasteiger partial charge in [-0.25, -0.2) is 0 Å². The molecule has 0 N–H and O–H groups in total. The average Bonchev–Trinajstić information content (AvgIpc) is 4.17. The van der Waals surface area contributed by atoms with Crippen molar-refractivity contribution in [2.75, 3.05) is 0 Å². The van der Waals surface area contributed by atoms with Crippen LogP contribution in [0.3, 0.4) is 0 Å². The fraction of sp³-hybridized carbons (Fsp3) is 0. The molecule has 0 saturated carbocycles. The molecular weight excluding hydrogens is 785 g/mol. The van der Waals surface area contributed by atoms with Crippen LogP contribution in [0.4, 0.5) is 0 Å². The number of furan rings is 1. The summed E-state index contributed by atoms with van der Waals surface area (Å²) in [6, 6.07) is 48.2. The quantitative estimate of drug-likeness (QED) is 0.173. The number of aromatic nitrogens is 6.